The standard InChI is InChI=1S/C16H19FN2O2/c1-9(2)19-14-6-5-12(17)8-13(14)18-15(19)10-3-4-11(7-10)16(20)21/h5-6,8-11H,3-4,7H2,1-2H3,(H,20,21). The summed E-state index contributed by atoms with van der Waals surface area (Å²) < 4.78 is 15.5. The summed E-state index contributed by atoms with van der Waals surface area (Å²) in [6, 6.07) is 4.85. The second-order valence-corrected chi connectivity index (χ2v) is 6.11. The van der Waals surface area contributed by atoms with Crippen molar-refractivity contribution in [3.8, 4) is 0 Å². The van der Waals surface area contributed by atoms with E-state index in [0.29, 0.717) is 18.4 Å². The summed E-state index contributed by atoms with van der Waals surface area (Å²) in [6.45, 7) is 4.13. The van der Waals surface area contributed by atoms with Gasteiger partial charge in [-0.15, -0.1) is 0 Å². The van der Waals surface area contributed by atoms with E-state index in [-0.39, 0.29) is 23.7 Å². The molecule has 2 aromatic rings. The van der Waals surface area contributed by atoms with Gasteiger partial charge in [0.2, 0.25) is 0 Å². The molecule has 1 heterocycles. The number of carboxylic acids is 1. The van der Waals surface area contributed by atoms with Crippen LogP contribution in [0.3, 0.4) is 0 Å². The van der Waals surface area contributed by atoms with Gasteiger partial charge in [0, 0.05) is 18.0 Å². The largest absolute Gasteiger partial charge is 0.481 e. The molecule has 1 N–H and O–H groups in total. The minimum absolute atomic E-state index is 0.143. The number of hydrogen-bond donors (Lipinski definition) is 1. The van der Waals surface area contributed by atoms with Crippen molar-refractivity contribution < 1.29 is 14.3 Å². The maximum absolute atomic E-state index is 13.4. The highest BCUT2D eigenvalue weighted by Gasteiger charge is 2.33. The lowest BCUT2D eigenvalue weighted by Crippen LogP contribution is -2.12. The third kappa shape index (κ3) is 2.41. The van der Waals surface area contributed by atoms with Gasteiger partial charge in [0.05, 0.1) is 17.0 Å². The van der Waals surface area contributed by atoms with Crippen molar-refractivity contribution in [1.29, 1.82) is 0 Å². The van der Waals surface area contributed by atoms with Crippen LogP contribution in [0.4, 0.5) is 4.39 Å². The maximum Gasteiger partial charge on any atom is 0.306 e. The monoisotopic (exact) mass is 290 g/mol. The predicted molar refractivity (Wildman–Crippen MR) is 77.8 cm³/mol. The lowest BCUT2D eigenvalue weighted by molar-refractivity contribution is -0.141. The minimum Gasteiger partial charge on any atom is -0.481 e. The normalized spacial score (nSPS) is 22.3. The van der Waals surface area contributed by atoms with Crippen LogP contribution in [0.25, 0.3) is 11.0 Å². The van der Waals surface area contributed by atoms with Crippen molar-refractivity contribution in [2.24, 2.45) is 5.92 Å². The summed E-state index contributed by atoms with van der Waals surface area (Å²) >= 11 is 0. The van der Waals surface area contributed by atoms with Crippen LogP contribution in [0, 0.1) is 11.7 Å². The summed E-state index contributed by atoms with van der Waals surface area (Å²) in [5.74, 6) is -0.265. The van der Waals surface area contributed by atoms with Crippen LogP contribution in [0.5, 0.6) is 0 Å². The van der Waals surface area contributed by atoms with Gasteiger partial charge >= 0.3 is 5.97 Å². The summed E-state index contributed by atoms with van der Waals surface area (Å²) in [4.78, 5) is 15.7. The second kappa shape index (κ2) is 5.13. The summed E-state index contributed by atoms with van der Waals surface area (Å²) in [5.41, 5.74) is 1.57. The number of carboxylic acid groups (broad SMARTS) is 1. The Balaban J connectivity index is 2.06. The molecular weight excluding hydrogens is 271 g/mol. The molecule has 5 heteroatoms. The van der Waals surface area contributed by atoms with Gasteiger partial charge in [-0.1, -0.05) is 0 Å². The number of carbonyl (C=O) groups is 1. The Kier molecular flexibility index (Phi) is 3.43. The van der Waals surface area contributed by atoms with Crippen LogP contribution in [0.2, 0.25) is 0 Å². The molecule has 2 unspecified atom stereocenters. The van der Waals surface area contributed by atoms with E-state index in [1.807, 2.05) is 0 Å². The van der Waals surface area contributed by atoms with E-state index >= 15 is 0 Å². The fourth-order valence-corrected chi connectivity index (χ4v) is 3.36. The maximum atomic E-state index is 13.4. The Morgan fingerprint density at radius 3 is 2.81 bits per heavy atom. The molecule has 21 heavy (non-hydrogen) atoms. The molecule has 2 atom stereocenters. The van der Waals surface area contributed by atoms with Gasteiger partial charge in [0.15, 0.2) is 0 Å². The van der Waals surface area contributed by atoms with Crippen molar-refractivity contribution in [3.63, 3.8) is 0 Å². The fourth-order valence-electron chi connectivity index (χ4n) is 3.36. The van der Waals surface area contributed by atoms with Gasteiger partial charge in [-0.05, 0) is 45.2 Å². The van der Waals surface area contributed by atoms with E-state index in [1.165, 1.54) is 12.1 Å². The SMILES string of the molecule is CC(C)n1c(C2CCC(C(=O)O)C2)nc2cc(F)ccc21. The number of hydrogen-bond acceptors (Lipinski definition) is 2. The Morgan fingerprint density at radius 2 is 2.19 bits per heavy atom. The molecule has 1 aromatic heterocycles. The first-order valence-corrected chi connectivity index (χ1v) is 7.37. The van der Waals surface area contributed by atoms with Gasteiger partial charge in [-0.25, -0.2) is 9.37 Å². The van der Waals surface area contributed by atoms with E-state index in [1.54, 1.807) is 6.07 Å². The first kappa shape index (κ1) is 14.0. The van der Waals surface area contributed by atoms with Crippen molar-refractivity contribution in [2.75, 3.05) is 0 Å². The highest BCUT2D eigenvalue weighted by atomic mass is 19.1. The van der Waals surface area contributed by atoms with Crippen LogP contribution in [0.1, 0.15) is 50.9 Å². The zero-order valence-corrected chi connectivity index (χ0v) is 12.2. The topological polar surface area (TPSA) is 55.1 Å². The Bertz CT molecular complexity index is 693. The zero-order valence-electron chi connectivity index (χ0n) is 12.2. The number of benzene rings is 1. The molecule has 112 valence electrons. The summed E-state index contributed by atoms with van der Waals surface area (Å²) in [6.07, 6.45) is 2.14. The lowest BCUT2D eigenvalue weighted by Gasteiger charge is -2.17. The molecule has 0 saturated heterocycles. The molecule has 1 aromatic carbocycles. The van der Waals surface area contributed by atoms with Crippen LogP contribution >= 0.6 is 0 Å². The molecule has 1 aliphatic rings. The fraction of sp³-hybridized carbons (Fsp3) is 0.500. The molecule has 3 rings (SSSR count). The first-order chi connectivity index (χ1) is 9.97. The number of aliphatic carboxylic acids is 1. The van der Waals surface area contributed by atoms with E-state index in [2.05, 4.69) is 23.4 Å². The Morgan fingerprint density at radius 1 is 1.43 bits per heavy atom. The molecule has 0 spiro atoms. The molecular formula is C16H19FN2O2. The van der Waals surface area contributed by atoms with Crippen molar-refractivity contribution in [3.05, 3.63) is 29.8 Å². The van der Waals surface area contributed by atoms with Crippen molar-refractivity contribution in [2.45, 2.75) is 45.1 Å². The Hall–Kier alpha value is -1.91. The third-order valence-electron chi connectivity index (χ3n) is 4.34. The van der Waals surface area contributed by atoms with E-state index < -0.39 is 5.97 Å². The Labute approximate surface area is 122 Å². The highest BCUT2D eigenvalue weighted by Crippen LogP contribution is 2.40. The van der Waals surface area contributed by atoms with Gasteiger partial charge < -0.3 is 9.67 Å². The number of aromatic nitrogens is 2. The predicted octanol–water partition coefficient (Wildman–Crippen LogP) is 3.72. The van der Waals surface area contributed by atoms with Crippen molar-refractivity contribution in [1.82, 2.24) is 9.55 Å². The van der Waals surface area contributed by atoms with E-state index in [4.69, 9.17) is 5.11 Å². The van der Waals surface area contributed by atoms with Gasteiger partial charge in [-0.2, -0.15) is 0 Å². The average Bonchev–Trinajstić information content (AvgIpc) is 3.01. The quantitative estimate of drug-likeness (QED) is 0.937. The number of rotatable bonds is 3. The van der Waals surface area contributed by atoms with E-state index in [9.17, 15) is 9.18 Å². The van der Waals surface area contributed by atoms with Gasteiger partial charge in [0.25, 0.3) is 0 Å². The van der Waals surface area contributed by atoms with Gasteiger partial charge in [0.1, 0.15) is 11.6 Å². The molecule has 0 amide bonds. The molecule has 1 fully saturated rings. The second-order valence-electron chi connectivity index (χ2n) is 6.11. The number of halogens is 1. The lowest BCUT2D eigenvalue weighted by atomic mass is 10.0. The molecule has 0 radical (unpaired) electrons. The third-order valence-corrected chi connectivity index (χ3v) is 4.34. The number of nitrogens with zero attached hydrogens (tertiary/aromatic N) is 2. The minimum atomic E-state index is -0.726. The van der Waals surface area contributed by atoms with Crippen LogP contribution in [-0.2, 0) is 4.79 Å². The number of fused-ring (bicyclic) bond motifs is 1. The molecule has 0 bridgehead atoms. The molecule has 1 saturated carbocycles. The average molecular weight is 290 g/mol. The van der Waals surface area contributed by atoms with Crippen molar-refractivity contribution >= 4 is 17.0 Å². The number of imidazole rings is 1. The first-order valence-electron chi connectivity index (χ1n) is 7.37. The van der Waals surface area contributed by atoms with E-state index in [0.717, 1.165) is 17.8 Å². The summed E-state index contributed by atoms with van der Waals surface area (Å²) in [5, 5.41) is 9.16. The van der Waals surface area contributed by atoms with Crippen LogP contribution in [-0.4, -0.2) is 20.6 Å². The smallest absolute Gasteiger partial charge is 0.306 e. The molecule has 1 aliphatic carbocycles. The highest BCUT2D eigenvalue weighted by molar-refractivity contribution is 5.76. The van der Waals surface area contributed by atoms with Gasteiger partial charge in [-0.3, -0.25) is 4.79 Å². The molecule has 0 aliphatic heterocycles. The molecule has 4 nitrogen and oxygen atoms in total. The zero-order chi connectivity index (χ0) is 15.1. The van der Waals surface area contributed by atoms with Crippen LogP contribution < -0.4 is 0 Å². The summed E-state index contributed by atoms with van der Waals surface area (Å²) in [7, 11) is 0. The van der Waals surface area contributed by atoms with Crippen LogP contribution in [0.15, 0.2) is 18.2 Å².